The van der Waals surface area contributed by atoms with Crippen LogP contribution in [0.3, 0.4) is 0 Å². The van der Waals surface area contributed by atoms with E-state index in [1.807, 2.05) is 49.4 Å². The molecule has 112 valence electrons. The highest BCUT2D eigenvalue weighted by Gasteiger charge is 2.23. The second-order valence-corrected chi connectivity index (χ2v) is 5.36. The molecular weight excluding hydrogens is 274 g/mol. The summed E-state index contributed by atoms with van der Waals surface area (Å²) < 4.78 is 0. The van der Waals surface area contributed by atoms with Gasteiger partial charge in [0.1, 0.15) is 5.84 Å². The molecule has 0 radical (unpaired) electrons. The van der Waals surface area contributed by atoms with Crippen molar-refractivity contribution in [2.45, 2.75) is 13.3 Å². The van der Waals surface area contributed by atoms with Crippen molar-refractivity contribution >= 4 is 17.6 Å². The second-order valence-electron chi connectivity index (χ2n) is 5.36. The van der Waals surface area contributed by atoms with E-state index in [-0.39, 0.29) is 6.03 Å². The Kier molecular flexibility index (Phi) is 4.19. The highest BCUT2D eigenvalue weighted by atomic mass is 16.2. The van der Waals surface area contributed by atoms with Crippen LogP contribution in [-0.4, -0.2) is 29.9 Å². The Hall–Kier alpha value is -2.62. The molecule has 0 spiro atoms. The fourth-order valence-corrected chi connectivity index (χ4v) is 2.54. The average molecular weight is 293 g/mol. The largest absolute Gasteiger partial charge is 0.327 e. The Morgan fingerprint density at radius 2 is 1.86 bits per heavy atom. The number of hydrogen-bond donors (Lipinski definition) is 1. The number of carbonyl (C=O) groups is 1. The Labute approximate surface area is 130 Å². The molecule has 1 aliphatic rings. The van der Waals surface area contributed by atoms with Crippen molar-refractivity contribution in [3.63, 3.8) is 0 Å². The molecule has 0 aromatic heterocycles. The van der Waals surface area contributed by atoms with Gasteiger partial charge < -0.3 is 5.32 Å². The molecule has 0 fully saturated rings. The molecule has 2 aromatic carbocycles. The van der Waals surface area contributed by atoms with Crippen LogP contribution in [-0.2, 0) is 6.42 Å². The topological polar surface area (TPSA) is 44.7 Å². The third-order valence-electron chi connectivity index (χ3n) is 3.77. The third kappa shape index (κ3) is 3.17. The Balaban J connectivity index is 1.70. The summed E-state index contributed by atoms with van der Waals surface area (Å²) in [7, 11) is 0. The number of amidine groups is 1. The number of hydrogen-bond acceptors (Lipinski definition) is 2. The molecule has 2 amide bonds. The summed E-state index contributed by atoms with van der Waals surface area (Å²) in [5.41, 5.74) is 3.06. The van der Waals surface area contributed by atoms with Crippen LogP contribution < -0.4 is 5.32 Å². The van der Waals surface area contributed by atoms with E-state index in [1.54, 1.807) is 4.90 Å². The minimum Gasteiger partial charge on any atom is -0.307 e. The summed E-state index contributed by atoms with van der Waals surface area (Å²) in [6.07, 6.45) is 0.683. The molecule has 3 rings (SSSR count). The first-order valence-corrected chi connectivity index (χ1v) is 7.45. The standard InChI is InChI=1S/C18H19N3O/c1-14-7-5-6-10-16(14)20-18(22)21-12-11-19-17(21)13-15-8-3-2-4-9-15/h2-10H,11-13H2,1H3,(H,20,22). The normalized spacial score (nSPS) is 13.9. The molecule has 0 aliphatic carbocycles. The lowest BCUT2D eigenvalue weighted by Gasteiger charge is -2.20. The minimum absolute atomic E-state index is 0.110. The van der Waals surface area contributed by atoms with E-state index in [0.29, 0.717) is 19.5 Å². The summed E-state index contributed by atoms with van der Waals surface area (Å²) in [6, 6.07) is 17.8. The van der Waals surface area contributed by atoms with Crippen LogP contribution in [0.1, 0.15) is 11.1 Å². The van der Waals surface area contributed by atoms with Crippen LogP contribution in [0.15, 0.2) is 59.6 Å². The number of nitrogens with one attached hydrogen (secondary N) is 1. The zero-order valence-electron chi connectivity index (χ0n) is 12.6. The maximum absolute atomic E-state index is 12.5. The van der Waals surface area contributed by atoms with Gasteiger partial charge in [-0.2, -0.15) is 0 Å². The van der Waals surface area contributed by atoms with Crippen LogP contribution in [0.2, 0.25) is 0 Å². The predicted octanol–water partition coefficient (Wildman–Crippen LogP) is 3.48. The van der Waals surface area contributed by atoms with E-state index in [0.717, 1.165) is 22.6 Å². The smallest absolute Gasteiger partial charge is 0.307 e. The number of anilines is 1. The number of amides is 2. The van der Waals surface area contributed by atoms with Crippen LogP contribution in [0.5, 0.6) is 0 Å². The molecule has 4 heteroatoms. The zero-order chi connectivity index (χ0) is 15.4. The summed E-state index contributed by atoms with van der Waals surface area (Å²) in [4.78, 5) is 18.7. The Morgan fingerprint density at radius 3 is 2.64 bits per heavy atom. The molecule has 4 nitrogen and oxygen atoms in total. The van der Waals surface area contributed by atoms with E-state index in [1.165, 1.54) is 0 Å². The van der Waals surface area contributed by atoms with E-state index in [2.05, 4.69) is 22.4 Å². The molecular formula is C18H19N3O. The lowest BCUT2D eigenvalue weighted by atomic mass is 10.1. The first-order chi connectivity index (χ1) is 10.7. The van der Waals surface area contributed by atoms with Gasteiger partial charge >= 0.3 is 6.03 Å². The summed E-state index contributed by atoms with van der Waals surface area (Å²) >= 11 is 0. The SMILES string of the molecule is Cc1ccccc1NC(=O)N1CCN=C1Cc1ccccc1. The van der Waals surface area contributed by atoms with Gasteiger partial charge in [0.05, 0.1) is 6.54 Å². The molecule has 1 N–H and O–H groups in total. The molecule has 0 saturated heterocycles. The van der Waals surface area contributed by atoms with Crippen molar-refractivity contribution in [1.82, 2.24) is 4.90 Å². The highest BCUT2D eigenvalue weighted by molar-refractivity contribution is 6.05. The minimum atomic E-state index is -0.110. The quantitative estimate of drug-likeness (QED) is 0.925. The Bertz CT molecular complexity index is 694. The number of aliphatic imine (C=N–C) groups is 1. The lowest BCUT2D eigenvalue weighted by molar-refractivity contribution is 0.236. The summed E-state index contributed by atoms with van der Waals surface area (Å²) in [5.74, 6) is 0.831. The number of nitrogens with zero attached hydrogens (tertiary/aromatic N) is 2. The molecule has 0 bridgehead atoms. The first kappa shape index (κ1) is 14.3. The fourth-order valence-electron chi connectivity index (χ4n) is 2.54. The number of urea groups is 1. The molecule has 1 heterocycles. The van der Waals surface area contributed by atoms with Crippen LogP contribution in [0, 0.1) is 6.92 Å². The van der Waals surface area contributed by atoms with Crippen LogP contribution >= 0.6 is 0 Å². The Morgan fingerprint density at radius 1 is 1.14 bits per heavy atom. The second kappa shape index (κ2) is 6.43. The molecule has 1 aliphatic heterocycles. The molecule has 0 saturated carbocycles. The van der Waals surface area contributed by atoms with Crippen molar-refractivity contribution in [1.29, 1.82) is 0 Å². The van der Waals surface area contributed by atoms with Gasteiger partial charge in [-0.15, -0.1) is 0 Å². The van der Waals surface area contributed by atoms with E-state index < -0.39 is 0 Å². The third-order valence-corrected chi connectivity index (χ3v) is 3.77. The number of aryl methyl sites for hydroxylation is 1. The molecule has 0 unspecified atom stereocenters. The molecule has 2 aromatic rings. The van der Waals surface area contributed by atoms with Crippen molar-refractivity contribution in [2.24, 2.45) is 4.99 Å². The van der Waals surface area contributed by atoms with Crippen molar-refractivity contribution in [3.8, 4) is 0 Å². The van der Waals surface area contributed by atoms with Gasteiger partial charge in [0.25, 0.3) is 0 Å². The number of para-hydroxylation sites is 1. The van der Waals surface area contributed by atoms with Gasteiger partial charge in [0, 0.05) is 18.7 Å². The van der Waals surface area contributed by atoms with Gasteiger partial charge in [-0.3, -0.25) is 9.89 Å². The predicted molar refractivity (Wildman–Crippen MR) is 89.4 cm³/mol. The van der Waals surface area contributed by atoms with E-state index >= 15 is 0 Å². The highest BCUT2D eigenvalue weighted by Crippen LogP contribution is 2.16. The van der Waals surface area contributed by atoms with Gasteiger partial charge in [0.15, 0.2) is 0 Å². The van der Waals surface area contributed by atoms with Crippen molar-refractivity contribution in [2.75, 3.05) is 18.4 Å². The van der Waals surface area contributed by atoms with E-state index in [9.17, 15) is 4.79 Å². The summed E-state index contributed by atoms with van der Waals surface area (Å²) in [5, 5.41) is 2.97. The number of benzene rings is 2. The van der Waals surface area contributed by atoms with Crippen LogP contribution in [0.4, 0.5) is 10.5 Å². The lowest BCUT2D eigenvalue weighted by Crippen LogP contribution is -2.38. The van der Waals surface area contributed by atoms with Crippen LogP contribution in [0.25, 0.3) is 0 Å². The zero-order valence-corrected chi connectivity index (χ0v) is 12.6. The monoisotopic (exact) mass is 293 g/mol. The van der Waals surface area contributed by atoms with Gasteiger partial charge in [-0.1, -0.05) is 48.5 Å². The van der Waals surface area contributed by atoms with Crippen molar-refractivity contribution in [3.05, 3.63) is 65.7 Å². The number of carbonyl (C=O) groups excluding carboxylic acids is 1. The van der Waals surface area contributed by atoms with E-state index in [4.69, 9.17) is 0 Å². The molecule has 0 atom stereocenters. The fraction of sp³-hybridized carbons (Fsp3) is 0.222. The van der Waals surface area contributed by atoms with Gasteiger partial charge in [-0.05, 0) is 24.1 Å². The van der Waals surface area contributed by atoms with Crippen molar-refractivity contribution < 1.29 is 4.79 Å². The van der Waals surface area contributed by atoms with Gasteiger partial charge in [-0.25, -0.2) is 4.79 Å². The summed E-state index contributed by atoms with van der Waals surface area (Å²) in [6.45, 7) is 3.29. The maximum atomic E-state index is 12.5. The average Bonchev–Trinajstić information content (AvgIpc) is 2.99. The maximum Gasteiger partial charge on any atom is 0.327 e. The van der Waals surface area contributed by atoms with Gasteiger partial charge in [0.2, 0.25) is 0 Å². The first-order valence-electron chi connectivity index (χ1n) is 7.45. The number of rotatable bonds is 3. The molecule has 22 heavy (non-hydrogen) atoms.